The number of thioether (sulfide) groups is 1. The van der Waals surface area contributed by atoms with Crippen LogP contribution in [0.2, 0.25) is 0 Å². The Morgan fingerprint density at radius 2 is 1.80 bits per heavy atom. The maximum absolute atomic E-state index is 13.0. The number of aryl methyl sites for hydroxylation is 1. The zero-order chi connectivity index (χ0) is 24.9. The molecule has 6 nitrogen and oxygen atoms in total. The topological polar surface area (TPSA) is 67.9 Å². The van der Waals surface area contributed by atoms with Gasteiger partial charge in [0.1, 0.15) is 11.5 Å². The average Bonchev–Trinajstić information content (AvgIpc) is 3.13. The summed E-state index contributed by atoms with van der Waals surface area (Å²) < 4.78 is 11.3. The predicted octanol–water partition coefficient (Wildman–Crippen LogP) is 5.74. The first kappa shape index (κ1) is 24.5. The molecule has 1 aliphatic rings. The number of benzene rings is 3. The second-order valence-electron chi connectivity index (χ2n) is 7.87. The fourth-order valence-electron chi connectivity index (χ4n) is 3.49. The minimum Gasteiger partial charge on any atom is -0.497 e. The number of hydrogen-bond donors (Lipinski definition) is 1. The molecular formula is C27H24N2O4S2. The molecule has 0 saturated carbocycles. The Hall–Kier alpha value is -3.62. The van der Waals surface area contributed by atoms with Crippen LogP contribution in [0.25, 0.3) is 6.08 Å². The number of methoxy groups -OCH3 is 1. The SMILES string of the molecule is COc1ccc(N2C(=O)/C(=C/c3cccc(OCC(=O)Nc4cccc(C)c4C)c3)SC2=S)cc1. The zero-order valence-electron chi connectivity index (χ0n) is 19.5. The minimum absolute atomic E-state index is 0.129. The lowest BCUT2D eigenvalue weighted by atomic mass is 10.1. The predicted molar refractivity (Wildman–Crippen MR) is 145 cm³/mol. The Bertz CT molecular complexity index is 1320. The second-order valence-corrected chi connectivity index (χ2v) is 9.55. The van der Waals surface area contributed by atoms with Gasteiger partial charge in [0.15, 0.2) is 10.9 Å². The normalized spacial score (nSPS) is 14.4. The van der Waals surface area contributed by atoms with E-state index in [0.29, 0.717) is 26.4 Å². The number of anilines is 2. The molecule has 8 heteroatoms. The summed E-state index contributed by atoms with van der Waals surface area (Å²) in [6, 6.07) is 20.2. The molecule has 1 aliphatic heterocycles. The lowest BCUT2D eigenvalue weighted by Gasteiger charge is -2.14. The number of rotatable bonds is 7. The van der Waals surface area contributed by atoms with Gasteiger partial charge in [0.2, 0.25) is 0 Å². The monoisotopic (exact) mass is 504 g/mol. The Morgan fingerprint density at radius 1 is 1.06 bits per heavy atom. The molecule has 1 fully saturated rings. The first-order chi connectivity index (χ1) is 16.9. The summed E-state index contributed by atoms with van der Waals surface area (Å²) in [6.45, 7) is 3.83. The highest BCUT2D eigenvalue weighted by Gasteiger charge is 2.33. The van der Waals surface area contributed by atoms with Crippen LogP contribution in [-0.2, 0) is 9.59 Å². The van der Waals surface area contributed by atoms with Crippen molar-refractivity contribution in [2.45, 2.75) is 13.8 Å². The summed E-state index contributed by atoms with van der Waals surface area (Å²) in [6.07, 6.45) is 1.77. The maximum Gasteiger partial charge on any atom is 0.270 e. The van der Waals surface area contributed by atoms with Crippen molar-refractivity contribution in [3.05, 3.63) is 88.3 Å². The van der Waals surface area contributed by atoms with Crippen molar-refractivity contribution in [3.8, 4) is 11.5 Å². The van der Waals surface area contributed by atoms with Gasteiger partial charge in [0, 0.05) is 5.69 Å². The number of nitrogens with one attached hydrogen (secondary N) is 1. The largest absolute Gasteiger partial charge is 0.497 e. The van der Waals surface area contributed by atoms with E-state index in [-0.39, 0.29) is 18.4 Å². The highest BCUT2D eigenvalue weighted by atomic mass is 32.2. The molecule has 0 spiro atoms. The summed E-state index contributed by atoms with van der Waals surface area (Å²) in [5.41, 5.74) is 4.35. The van der Waals surface area contributed by atoms with Crippen LogP contribution in [0.4, 0.5) is 11.4 Å². The van der Waals surface area contributed by atoms with Gasteiger partial charge in [-0.1, -0.05) is 48.2 Å². The van der Waals surface area contributed by atoms with Crippen molar-refractivity contribution in [2.24, 2.45) is 0 Å². The summed E-state index contributed by atoms with van der Waals surface area (Å²) in [7, 11) is 1.59. The van der Waals surface area contributed by atoms with Crippen LogP contribution in [0.5, 0.6) is 11.5 Å². The zero-order valence-corrected chi connectivity index (χ0v) is 21.2. The first-order valence-electron chi connectivity index (χ1n) is 10.9. The van der Waals surface area contributed by atoms with Gasteiger partial charge in [0.05, 0.1) is 17.7 Å². The highest BCUT2D eigenvalue weighted by molar-refractivity contribution is 8.27. The minimum atomic E-state index is -0.246. The summed E-state index contributed by atoms with van der Waals surface area (Å²) >= 11 is 6.69. The molecule has 0 aromatic heterocycles. The lowest BCUT2D eigenvalue weighted by Crippen LogP contribution is -2.27. The van der Waals surface area contributed by atoms with Crippen LogP contribution >= 0.6 is 24.0 Å². The number of nitrogens with zero attached hydrogens (tertiary/aromatic N) is 1. The van der Waals surface area contributed by atoms with Gasteiger partial charge in [0.25, 0.3) is 11.8 Å². The molecule has 35 heavy (non-hydrogen) atoms. The molecule has 178 valence electrons. The molecule has 0 unspecified atom stereocenters. The molecule has 4 rings (SSSR count). The summed E-state index contributed by atoms with van der Waals surface area (Å²) in [5, 5.41) is 2.88. The fraction of sp³-hybridized carbons (Fsp3) is 0.148. The van der Waals surface area contributed by atoms with E-state index >= 15 is 0 Å². The van der Waals surface area contributed by atoms with Crippen LogP contribution < -0.4 is 19.7 Å². The molecule has 1 N–H and O–H groups in total. The van der Waals surface area contributed by atoms with Gasteiger partial charge in [-0.25, -0.2) is 0 Å². The molecule has 2 amide bonds. The molecule has 0 bridgehead atoms. The average molecular weight is 505 g/mol. The van der Waals surface area contributed by atoms with Crippen LogP contribution in [0, 0.1) is 13.8 Å². The molecule has 1 heterocycles. The number of thiocarbonyl (C=S) groups is 1. The van der Waals surface area contributed by atoms with Crippen LogP contribution in [0.15, 0.2) is 71.6 Å². The lowest BCUT2D eigenvalue weighted by molar-refractivity contribution is -0.118. The highest BCUT2D eigenvalue weighted by Crippen LogP contribution is 2.36. The fourth-order valence-corrected chi connectivity index (χ4v) is 4.79. The van der Waals surface area contributed by atoms with E-state index in [2.05, 4.69) is 5.32 Å². The number of ether oxygens (including phenoxy) is 2. The quantitative estimate of drug-likeness (QED) is 0.327. The standard InChI is InChI=1S/C27H24N2O4S2/c1-17-6-4-9-23(18(17)2)28-25(30)16-33-22-8-5-7-19(14-22)15-24-26(31)29(27(34)35-24)20-10-12-21(32-3)13-11-20/h4-15H,16H2,1-3H3,(H,28,30)/b24-15-. The number of hydrogen-bond acceptors (Lipinski definition) is 6. The van der Waals surface area contributed by atoms with E-state index in [4.69, 9.17) is 21.7 Å². The molecule has 0 radical (unpaired) electrons. The Balaban J connectivity index is 1.42. The molecule has 0 atom stereocenters. The molecule has 3 aromatic carbocycles. The van der Waals surface area contributed by atoms with Crippen molar-refractivity contribution in [1.82, 2.24) is 0 Å². The molecule has 1 saturated heterocycles. The van der Waals surface area contributed by atoms with Gasteiger partial charge in [-0.05, 0) is 79.1 Å². The second kappa shape index (κ2) is 10.8. The summed E-state index contributed by atoms with van der Waals surface area (Å²) in [4.78, 5) is 27.4. The van der Waals surface area contributed by atoms with Crippen LogP contribution in [0.1, 0.15) is 16.7 Å². The van der Waals surface area contributed by atoms with E-state index in [9.17, 15) is 9.59 Å². The van der Waals surface area contributed by atoms with Gasteiger partial charge in [-0.3, -0.25) is 14.5 Å². The van der Waals surface area contributed by atoms with Gasteiger partial charge < -0.3 is 14.8 Å². The van der Waals surface area contributed by atoms with E-state index in [1.54, 1.807) is 49.6 Å². The van der Waals surface area contributed by atoms with Gasteiger partial charge >= 0.3 is 0 Å². The van der Waals surface area contributed by atoms with Crippen molar-refractivity contribution < 1.29 is 19.1 Å². The third kappa shape index (κ3) is 5.72. The van der Waals surface area contributed by atoms with E-state index in [1.807, 2.05) is 44.2 Å². The number of amides is 2. The van der Waals surface area contributed by atoms with Crippen LogP contribution in [0.3, 0.4) is 0 Å². The first-order valence-corrected chi connectivity index (χ1v) is 12.1. The molecule has 0 aliphatic carbocycles. The van der Waals surface area contributed by atoms with Crippen molar-refractivity contribution in [3.63, 3.8) is 0 Å². The third-order valence-electron chi connectivity index (χ3n) is 5.53. The Morgan fingerprint density at radius 3 is 2.54 bits per heavy atom. The van der Waals surface area contributed by atoms with E-state index in [0.717, 1.165) is 22.4 Å². The third-order valence-corrected chi connectivity index (χ3v) is 6.83. The summed E-state index contributed by atoms with van der Waals surface area (Å²) in [5.74, 6) is 0.795. The number of carbonyl (C=O) groups is 2. The van der Waals surface area contributed by atoms with E-state index in [1.165, 1.54) is 16.7 Å². The van der Waals surface area contributed by atoms with Crippen molar-refractivity contribution in [2.75, 3.05) is 23.9 Å². The Kier molecular flexibility index (Phi) is 7.53. The maximum atomic E-state index is 13.0. The van der Waals surface area contributed by atoms with Gasteiger partial charge in [-0.2, -0.15) is 0 Å². The smallest absolute Gasteiger partial charge is 0.270 e. The number of carbonyl (C=O) groups excluding carboxylic acids is 2. The van der Waals surface area contributed by atoms with E-state index < -0.39 is 0 Å². The Labute approximate surface area is 213 Å². The molecular weight excluding hydrogens is 480 g/mol. The van der Waals surface area contributed by atoms with Crippen LogP contribution in [-0.4, -0.2) is 29.9 Å². The van der Waals surface area contributed by atoms with Crippen molar-refractivity contribution >= 4 is 57.6 Å². The molecule has 3 aromatic rings. The van der Waals surface area contributed by atoms with Crippen molar-refractivity contribution in [1.29, 1.82) is 0 Å². The van der Waals surface area contributed by atoms with Gasteiger partial charge in [-0.15, -0.1) is 0 Å².